The van der Waals surface area contributed by atoms with Gasteiger partial charge in [0.1, 0.15) is 0 Å². The number of thioether (sulfide) groups is 1. The lowest BCUT2D eigenvalue weighted by molar-refractivity contribution is -0.137. The Morgan fingerprint density at radius 1 is 1.04 bits per heavy atom. The topological polar surface area (TPSA) is 87.7 Å². The first-order valence-electron chi connectivity index (χ1n) is 7.95. The van der Waals surface area contributed by atoms with E-state index in [2.05, 4.69) is 20.5 Å². The van der Waals surface area contributed by atoms with Gasteiger partial charge in [-0.1, -0.05) is 42.1 Å². The van der Waals surface area contributed by atoms with Crippen molar-refractivity contribution in [1.29, 1.82) is 0 Å². The van der Waals surface area contributed by atoms with Crippen LogP contribution in [-0.2, 0) is 11.0 Å². The molecule has 0 atom stereocenters. The summed E-state index contributed by atoms with van der Waals surface area (Å²) in [4.78, 5) is 26.6. The molecule has 1 aromatic heterocycles. The summed E-state index contributed by atoms with van der Waals surface area (Å²) in [6.45, 7) is 0. The van der Waals surface area contributed by atoms with E-state index in [9.17, 15) is 22.8 Å². The molecular formula is C18H13F3N4O2S. The maximum atomic E-state index is 12.5. The molecule has 0 fully saturated rings. The van der Waals surface area contributed by atoms with Gasteiger partial charge in [0, 0.05) is 11.3 Å². The zero-order valence-corrected chi connectivity index (χ0v) is 15.0. The predicted molar refractivity (Wildman–Crippen MR) is 98.9 cm³/mol. The molecular weight excluding hydrogens is 393 g/mol. The Bertz CT molecular complexity index is 1020. The minimum absolute atomic E-state index is 0.101. The van der Waals surface area contributed by atoms with Gasteiger partial charge in [-0.2, -0.15) is 13.2 Å². The second kappa shape index (κ2) is 8.26. The third kappa shape index (κ3) is 4.97. The van der Waals surface area contributed by atoms with Crippen molar-refractivity contribution in [2.75, 3.05) is 11.1 Å². The van der Waals surface area contributed by atoms with E-state index in [1.165, 1.54) is 12.1 Å². The van der Waals surface area contributed by atoms with Crippen molar-refractivity contribution in [3.05, 3.63) is 70.5 Å². The number of aromatic nitrogens is 3. The number of hydrogen-bond acceptors (Lipinski definition) is 5. The fourth-order valence-corrected chi connectivity index (χ4v) is 2.85. The number of nitrogens with zero attached hydrogens (tertiary/aromatic N) is 2. The Morgan fingerprint density at radius 2 is 1.71 bits per heavy atom. The van der Waals surface area contributed by atoms with Crippen LogP contribution in [0.25, 0.3) is 11.3 Å². The number of benzene rings is 2. The predicted octanol–water partition coefficient (Wildman–Crippen LogP) is 3.58. The van der Waals surface area contributed by atoms with Crippen LogP contribution in [0, 0.1) is 0 Å². The maximum absolute atomic E-state index is 12.5. The Hall–Kier alpha value is -3.14. The summed E-state index contributed by atoms with van der Waals surface area (Å²) in [5.74, 6) is -0.560. The van der Waals surface area contributed by atoms with E-state index < -0.39 is 23.2 Å². The molecule has 0 aliphatic carbocycles. The minimum Gasteiger partial charge on any atom is -0.325 e. The highest BCUT2D eigenvalue weighted by molar-refractivity contribution is 7.99. The first-order valence-corrected chi connectivity index (χ1v) is 8.94. The highest BCUT2D eigenvalue weighted by Gasteiger charge is 2.29. The monoisotopic (exact) mass is 406 g/mol. The van der Waals surface area contributed by atoms with Crippen LogP contribution < -0.4 is 10.9 Å². The molecule has 0 bridgehead atoms. The third-order valence-electron chi connectivity index (χ3n) is 3.56. The lowest BCUT2D eigenvalue weighted by Crippen LogP contribution is -2.17. The Morgan fingerprint density at radius 3 is 2.32 bits per heavy atom. The molecule has 1 amide bonds. The number of rotatable bonds is 5. The molecule has 10 heteroatoms. The van der Waals surface area contributed by atoms with Crippen LogP contribution in [0.15, 0.2) is 64.5 Å². The molecule has 144 valence electrons. The Kier molecular flexibility index (Phi) is 5.78. The van der Waals surface area contributed by atoms with Gasteiger partial charge in [0.05, 0.1) is 11.3 Å². The summed E-state index contributed by atoms with van der Waals surface area (Å²) >= 11 is 0.952. The molecule has 0 saturated heterocycles. The van der Waals surface area contributed by atoms with E-state index in [-0.39, 0.29) is 22.3 Å². The van der Waals surface area contributed by atoms with Gasteiger partial charge in [-0.05, 0) is 24.3 Å². The van der Waals surface area contributed by atoms with Gasteiger partial charge in [0.2, 0.25) is 5.91 Å². The van der Waals surface area contributed by atoms with Gasteiger partial charge in [0.25, 0.3) is 5.56 Å². The molecule has 0 aliphatic heterocycles. The summed E-state index contributed by atoms with van der Waals surface area (Å²) < 4.78 is 37.6. The van der Waals surface area contributed by atoms with Gasteiger partial charge in [-0.3, -0.25) is 14.6 Å². The average molecular weight is 406 g/mol. The number of halogens is 3. The quantitative estimate of drug-likeness (QED) is 0.633. The molecule has 3 rings (SSSR count). The van der Waals surface area contributed by atoms with Crippen molar-refractivity contribution in [1.82, 2.24) is 15.2 Å². The molecule has 28 heavy (non-hydrogen) atoms. The van der Waals surface area contributed by atoms with Crippen LogP contribution in [0.5, 0.6) is 0 Å². The van der Waals surface area contributed by atoms with Crippen LogP contribution in [0.2, 0.25) is 0 Å². The standard InChI is InChI=1S/C18H13F3N4O2S/c19-18(20,21)12-6-8-13(9-7-12)22-14(26)10-28-17-23-16(27)15(24-25-17)11-4-2-1-3-5-11/h1-9H,10H2,(H,22,26)(H,23,25,27). The Labute approximate surface area is 161 Å². The molecule has 3 aromatic rings. The molecule has 6 nitrogen and oxygen atoms in total. The summed E-state index contributed by atoms with van der Waals surface area (Å²) in [6.07, 6.45) is -4.44. The minimum atomic E-state index is -4.44. The fraction of sp³-hybridized carbons (Fsp3) is 0.111. The number of alkyl halides is 3. The molecule has 0 spiro atoms. The molecule has 0 saturated carbocycles. The first-order chi connectivity index (χ1) is 13.3. The zero-order chi connectivity index (χ0) is 20.1. The van der Waals surface area contributed by atoms with E-state index in [1.54, 1.807) is 24.3 Å². The van der Waals surface area contributed by atoms with E-state index in [1.807, 2.05) is 6.07 Å². The van der Waals surface area contributed by atoms with Gasteiger partial charge >= 0.3 is 6.18 Å². The van der Waals surface area contributed by atoms with E-state index in [4.69, 9.17) is 0 Å². The number of H-pyrrole nitrogens is 1. The summed E-state index contributed by atoms with van der Waals surface area (Å²) in [5.41, 5.74) is -0.220. The van der Waals surface area contributed by atoms with Crippen molar-refractivity contribution in [2.45, 2.75) is 11.3 Å². The molecule has 0 radical (unpaired) electrons. The number of nitrogens with one attached hydrogen (secondary N) is 2. The molecule has 0 aliphatic rings. The molecule has 2 N–H and O–H groups in total. The average Bonchev–Trinajstić information content (AvgIpc) is 2.67. The van der Waals surface area contributed by atoms with Crippen LogP contribution >= 0.6 is 11.8 Å². The maximum Gasteiger partial charge on any atom is 0.416 e. The molecule has 0 unspecified atom stereocenters. The highest BCUT2D eigenvalue weighted by Crippen LogP contribution is 2.29. The van der Waals surface area contributed by atoms with Crippen LogP contribution in [0.3, 0.4) is 0 Å². The van der Waals surface area contributed by atoms with Crippen molar-refractivity contribution < 1.29 is 18.0 Å². The largest absolute Gasteiger partial charge is 0.416 e. The van der Waals surface area contributed by atoms with Crippen molar-refractivity contribution in [3.8, 4) is 11.3 Å². The number of carbonyl (C=O) groups excluding carboxylic acids is 1. The molecule has 2 aromatic carbocycles. The summed E-state index contributed by atoms with van der Waals surface area (Å²) in [5, 5.41) is 10.4. The van der Waals surface area contributed by atoms with Crippen LogP contribution in [-0.4, -0.2) is 26.8 Å². The van der Waals surface area contributed by atoms with Crippen LogP contribution in [0.1, 0.15) is 5.56 Å². The highest BCUT2D eigenvalue weighted by atomic mass is 32.2. The van der Waals surface area contributed by atoms with E-state index >= 15 is 0 Å². The SMILES string of the molecule is O=C(CSc1nnc(-c2ccccc2)c(=O)[nH]1)Nc1ccc(C(F)(F)F)cc1. The summed E-state index contributed by atoms with van der Waals surface area (Å²) in [7, 11) is 0. The smallest absolute Gasteiger partial charge is 0.325 e. The van der Waals surface area contributed by atoms with Gasteiger partial charge in [0.15, 0.2) is 10.9 Å². The van der Waals surface area contributed by atoms with Crippen LogP contribution in [0.4, 0.5) is 18.9 Å². The number of hydrogen-bond donors (Lipinski definition) is 2. The number of anilines is 1. The van der Waals surface area contributed by atoms with Gasteiger partial charge in [-0.15, -0.1) is 10.2 Å². The van der Waals surface area contributed by atoms with Gasteiger partial charge < -0.3 is 5.32 Å². The second-order valence-corrected chi connectivity index (χ2v) is 6.55. The Balaban J connectivity index is 1.59. The second-order valence-electron chi connectivity index (χ2n) is 5.59. The fourth-order valence-electron chi connectivity index (χ4n) is 2.25. The summed E-state index contributed by atoms with van der Waals surface area (Å²) in [6, 6.07) is 12.9. The van der Waals surface area contributed by atoms with Crippen molar-refractivity contribution in [3.63, 3.8) is 0 Å². The molecule has 1 heterocycles. The normalized spacial score (nSPS) is 11.2. The number of carbonyl (C=O) groups is 1. The first kappa shape index (κ1) is 19.6. The lowest BCUT2D eigenvalue weighted by Gasteiger charge is -2.08. The number of aromatic amines is 1. The van der Waals surface area contributed by atoms with E-state index in [0.717, 1.165) is 23.9 Å². The third-order valence-corrected chi connectivity index (χ3v) is 4.42. The lowest BCUT2D eigenvalue weighted by atomic mass is 10.2. The van der Waals surface area contributed by atoms with Gasteiger partial charge in [-0.25, -0.2) is 0 Å². The van der Waals surface area contributed by atoms with Crippen molar-refractivity contribution in [2.24, 2.45) is 0 Å². The zero-order valence-electron chi connectivity index (χ0n) is 14.2. The number of amides is 1. The van der Waals surface area contributed by atoms with Crippen molar-refractivity contribution >= 4 is 23.4 Å². The van der Waals surface area contributed by atoms with E-state index in [0.29, 0.717) is 5.56 Å².